The summed E-state index contributed by atoms with van der Waals surface area (Å²) in [7, 11) is 0. The first kappa shape index (κ1) is 23.0. The van der Waals surface area contributed by atoms with Crippen molar-refractivity contribution < 1.29 is 0 Å². The first-order valence-electron chi connectivity index (χ1n) is 13.0. The fourth-order valence-corrected chi connectivity index (χ4v) is 5.38. The summed E-state index contributed by atoms with van der Waals surface area (Å²) in [5.74, 6) is -0.734. The average Bonchev–Trinajstić information content (AvgIpc) is 3.00. The number of fused-ring (bicyclic) bond motifs is 6. The van der Waals surface area contributed by atoms with Crippen molar-refractivity contribution in [3.05, 3.63) is 179 Å². The van der Waals surface area contributed by atoms with Crippen LogP contribution in [0.25, 0.3) is 0 Å². The highest BCUT2D eigenvalue weighted by Gasteiger charge is 2.29. The number of hydrogen-bond acceptors (Lipinski definition) is 6. The molecule has 6 nitrogen and oxygen atoms in total. The molecule has 6 aromatic rings. The zero-order chi connectivity index (χ0) is 26.0. The van der Waals surface area contributed by atoms with Gasteiger partial charge in [0, 0.05) is 18.6 Å². The van der Waals surface area contributed by atoms with Gasteiger partial charge in [0.1, 0.15) is 0 Å². The van der Waals surface area contributed by atoms with Crippen molar-refractivity contribution in [3.63, 3.8) is 0 Å². The quantitative estimate of drug-likeness (QED) is 0.298. The Morgan fingerprint density at radius 2 is 0.538 bits per heavy atom. The van der Waals surface area contributed by atoms with Gasteiger partial charge in [0.25, 0.3) is 0 Å². The van der Waals surface area contributed by atoms with Crippen LogP contribution in [0.15, 0.2) is 128 Å². The maximum Gasteiger partial charge on any atom is 0.0858 e. The maximum atomic E-state index is 5.23. The van der Waals surface area contributed by atoms with E-state index in [0.29, 0.717) is 0 Å². The van der Waals surface area contributed by atoms with Gasteiger partial charge in [-0.25, -0.2) is 0 Å². The van der Waals surface area contributed by atoms with Crippen LogP contribution >= 0.6 is 0 Å². The van der Waals surface area contributed by atoms with Gasteiger partial charge >= 0.3 is 0 Å². The Morgan fingerprint density at radius 3 is 0.769 bits per heavy atom. The Hall–Kier alpha value is -5.10. The molecule has 7 heterocycles. The molecule has 0 fully saturated rings. The standard InChI is InChI=1S/C33H24N6/c1-4-19-34-22(10-1)31-25-13-7-15-27(37-25)32(23-11-2-5-20-35-23)29-17-9-18-30(39-29)33(24-12-3-6-21-36-24)28-16-8-14-26(31)38-28/h1-21,31-33H. The van der Waals surface area contributed by atoms with Crippen LogP contribution in [-0.4, -0.2) is 29.9 Å². The molecule has 6 heteroatoms. The van der Waals surface area contributed by atoms with Crippen molar-refractivity contribution in [2.75, 3.05) is 0 Å². The van der Waals surface area contributed by atoms with E-state index in [2.05, 4.69) is 54.6 Å². The van der Waals surface area contributed by atoms with E-state index in [0.717, 1.165) is 51.2 Å². The molecular weight excluding hydrogens is 480 g/mol. The minimum Gasteiger partial charge on any atom is -0.260 e. The SMILES string of the molecule is c1ccc(C2c3cccc(n3)C(c3ccccn3)c3cccc(n3)C(c3ccccn3)c3cccc2n3)nc1. The van der Waals surface area contributed by atoms with Crippen LogP contribution in [0.3, 0.4) is 0 Å². The lowest BCUT2D eigenvalue weighted by atomic mass is 9.89. The van der Waals surface area contributed by atoms with Gasteiger partial charge in [-0.15, -0.1) is 0 Å². The van der Waals surface area contributed by atoms with E-state index >= 15 is 0 Å². The van der Waals surface area contributed by atoms with Crippen molar-refractivity contribution >= 4 is 0 Å². The highest BCUT2D eigenvalue weighted by Crippen LogP contribution is 2.36. The molecule has 6 bridgehead atoms. The summed E-state index contributed by atoms with van der Waals surface area (Å²) >= 11 is 0. The van der Waals surface area contributed by atoms with E-state index in [1.807, 2.05) is 73.2 Å². The van der Waals surface area contributed by atoms with Crippen LogP contribution in [0, 0.1) is 0 Å². The largest absolute Gasteiger partial charge is 0.260 e. The highest BCUT2D eigenvalue weighted by atomic mass is 14.9. The lowest BCUT2D eigenvalue weighted by Crippen LogP contribution is -2.18. The third-order valence-corrected chi connectivity index (χ3v) is 7.10. The van der Waals surface area contributed by atoms with Crippen molar-refractivity contribution in [3.8, 4) is 0 Å². The molecule has 1 aliphatic rings. The lowest BCUT2D eigenvalue weighted by molar-refractivity contribution is 0.747. The summed E-state index contributed by atoms with van der Waals surface area (Å²) in [5, 5.41) is 0. The average molecular weight is 505 g/mol. The maximum absolute atomic E-state index is 5.23. The van der Waals surface area contributed by atoms with Crippen LogP contribution in [-0.2, 0) is 0 Å². The Kier molecular flexibility index (Phi) is 5.90. The number of aromatic nitrogens is 6. The number of rotatable bonds is 3. The Bertz CT molecular complexity index is 1460. The Balaban J connectivity index is 1.55. The normalized spacial score (nSPS) is 18.0. The summed E-state index contributed by atoms with van der Waals surface area (Å²) < 4.78 is 0. The molecule has 0 spiro atoms. The van der Waals surface area contributed by atoms with Crippen molar-refractivity contribution in [1.29, 1.82) is 0 Å². The van der Waals surface area contributed by atoms with E-state index in [1.54, 1.807) is 0 Å². The second-order valence-corrected chi connectivity index (χ2v) is 9.52. The van der Waals surface area contributed by atoms with E-state index in [4.69, 9.17) is 29.9 Å². The molecule has 0 unspecified atom stereocenters. The van der Waals surface area contributed by atoms with E-state index in [9.17, 15) is 0 Å². The van der Waals surface area contributed by atoms with Crippen LogP contribution in [0.2, 0.25) is 0 Å². The van der Waals surface area contributed by atoms with Crippen molar-refractivity contribution in [2.24, 2.45) is 0 Å². The van der Waals surface area contributed by atoms with Gasteiger partial charge in [0.05, 0.1) is 69.0 Å². The summed E-state index contributed by atoms with van der Waals surface area (Å²) in [6.07, 6.45) is 5.46. The molecule has 0 saturated carbocycles. The molecule has 0 saturated heterocycles. The van der Waals surface area contributed by atoms with Gasteiger partial charge in [-0.2, -0.15) is 0 Å². The first-order valence-corrected chi connectivity index (χ1v) is 13.0. The number of hydrogen-bond donors (Lipinski definition) is 0. The minimum atomic E-state index is -0.245. The Morgan fingerprint density at radius 1 is 0.282 bits per heavy atom. The van der Waals surface area contributed by atoms with E-state index in [1.165, 1.54) is 0 Å². The van der Waals surface area contributed by atoms with Gasteiger partial charge in [-0.05, 0) is 72.8 Å². The van der Waals surface area contributed by atoms with Crippen LogP contribution in [0.1, 0.15) is 69.0 Å². The van der Waals surface area contributed by atoms with Gasteiger partial charge in [-0.3, -0.25) is 29.9 Å². The molecule has 0 atom stereocenters. The fraction of sp³-hybridized carbons (Fsp3) is 0.0909. The summed E-state index contributed by atoms with van der Waals surface area (Å²) in [6.45, 7) is 0. The van der Waals surface area contributed by atoms with Gasteiger partial charge in [0.15, 0.2) is 0 Å². The van der Waals surface area contributed by atoms with Crippen molar-refractivity contribution in [2.45, 2.75) is 17.8 Å². The van der Waals surface area contributed by atoms with Crippen LogP contribution in [0.4, 0.5) is 0 Å². The number of nitrogens with zero attached hydrogens (tertiary/aromatic N) is 6. The predicted molar refractivity (Wildman–Crippen MR) is 148 cm³/mol. The molecule has 0 amide bonds. The topological polar surface area (TPSA) is 77.3 Å². The predicted octanol–water partition coefficient (Wildman–Crippen LogP) is 5.91. The summed E-state index contributed by atoms with van der Waals surface area (Å²) in [5.41, 5.74) is 7.94. The lowest BCUT2D eigenvalue weighted by Gasteiger charge is -2.24. The zero-order valence-corrected chi connectivity index (χ0v) is 21.0. The molecular formula is C33H24N6. The van der Waals surface area contributed by atoms with E-state index in [-0.39, 0.29) is 17.8 Å². The van der Waals surface area contributed by atoms with Crippen LogP contribution in [0.5, 0.6) is 0 Å². The fourth-order valence-electron chi connectivity index (χ4n) is 5.38. The minimum absolute atomic E-state index is 0.245. The zero-order valence-electron chi connectivity index (χ0n) is 21.0. The summed E-state index contributed by atoms with van der Waals surface area (Å²) in [6, 6.07) is 36.4. The second-order valence-electron chi connectivity index (χ2n) is 9.52. The first-order chi connectivity index (χ1) is 19.3. The third kappa shape index (κ3) is 4.36. The number of pyridine rings is 6. The van der Waals surface area contributed by atoms with Crippen molar-refractivity contribution in [1.82, 2.24) is 29.9 Å². The second kappa shape index (κ2) is 9.99. The van der Waals surface area contributed by atoms with Gasteiger partial charge < -0.3 is 0 Å². The molecule has 39 heavy (non-hydrogen) atoms. The Labute approximate surface area is 226 Å². The smallest absolute Gasteiger partial charge is 0.0858 e. The van der Waals surface area contributed by atoms with Gasteiger partial charge in [-0.1, -0.05) is 36.4 Å². The molecule has 7 rings (SSSR count). The monoisotopic (exact) mass is 504 g/mol. The molecule has 186 valence electrons. The van der Waals surface area contributed by atoms with E-state index < -0.39 is 0 Å². The molecule has 0 aliphatic carbocycles. The highest BCUT2D eigenvalue weighted by molar-refractivity contribution is 5.43. The third-order valence-electron chi connectivity index (χ3n) is 7.10. The molecule has 1 aliphatic heterocycles. The molecule has 6 aromatic heterocycles. The molecule has 0 aromatic carbocycles. The molecule has 0 radical (unpaired) electrons. The van der Waals surface area contributed by atoms with Crippen LogP contribution < -0.4 is 0 Å². The molecule has 0 N–H and O–H groups in total. The summed E-state index contributed by atoms with van der Waals surface area (Å²) in [4.78, 5) is 29.9. The van der Waals surface area contributed by atoms with Gasteiger partial charge in [0.2, 0.25) is 0 Å².